The largest absolute Gasteiger partial charge is 0.492 e. The maximum Gasteiger partial charge on any atom is 0.156 e. The lowest BCUT2D eigenvalue weighted by molar-refractivity contribution is 0.0734. The smallest absolute Gasteiger partial charge is 0.156 e. The van der Waals surface area contributed by atoms with Crippen LogP contribution in [0.4, 0.5) is 0 Å². The number of hydrogen-bond acceptors (Lipinski definition) is 6. The first-order chi connectivity index (χ1) is 10.8. The fraction of sp³-hybridized carbons (Fsp3) is 0.667. The molecule has 0 spiro atoms. The van der Waals surface area contributed by atoms with Crippen molar-refractivity contribution < 1.29 is 14.2 Å². The molecule has 1 N–H and O–H groups in total. The number of aryl methyl sites for hydroxylation is 1. The van der Waals surface area contributed by atoms with Crippen molar-refractivity contribution in [2.75, 3.05) is 52.9 Å². The second-order valence-electron chi connectivity index (χ2n) is 4.53. The van der Waals surface area contributed by atoms with Crippen molar-refractivity contribution in [1.82, 2.24) is 5.32 Å². The van der Waals surface area contributed by atoms with Crippen LogP contribution in [-0.2, 0) is 9.47 Å². The van der Waals surface area contributed by atoms with Gasteiger partial charge in [0.15, 0.2) is 5.17 Å². The van der Waals surface area contributed by atoms with Crippen LogP contribution in [0.25, 0.3) is 0 Å². The average Bonchev–Trinajstić information content (AvgIpc) is 2.93. The molecule has 0 aromatic carbocycles. The standard InChI is InChI=1S/C15H26N2O3S2/c1-13-11-21-12-14(13)20-6-4-10-22-15(16-2)17-5-7-19-9-8-18-3/h11-12H,4-10H2,1-3H3,(H,16,17). The summed E-state index contributed by atoms with van der Waals surface area (Å²) in [5.41, 5.74) is 1.21. The van der Waals surface area contributed by atoms with Crippen LogP contribution in [0, 0.1) is 6.92 Å². The molecule has 0 aliphatic rings. The van der Waals surface area contributed by atoms with Gasteiger partial charge in [-0.15, -0.1) is 11.3 Å². The molecule has 1 aromatic rings. The third-order valence-electron chi connectivity index (χ3n) is 2.75. The van der Waals surface area contributed by atoms with E-state index in [9.17, 15) is 0 Å². The van der Waals surface area contributed by atoms with Gasteiger partial charge >= 0.3 is 0 Å². The Morgan fingerprint density at radius 2 is 2.14 bits per heavy atom. The van der Waals surface area contributed by atoms with Crippen molar-refractivity contribution in [2.24, 2.45) is 4.99 Å². The van der Waals surface area contributed by atoms with Gasteiger partial charge in [0.25, 0.3) is 0 Å². The van der Waals surface area contributed by atoms with Crippen LogP contribution >= 0.6 is 23.1 Å². The number of hydrogen-bond donors (Lipinski definition) is 1. The minimum Gasteiger partial charge on any atom is -0.492 e. The molecule has 0 saturated carbocycles. The van der Waals surface area contributed by atoms with Crippen molar-refractivity contribution in [3.63, 3.8) is 0 Å². The summed E-state index contributed by atoms with van der Waals surface area (Å²) in [6.45, 7) is 5.48. The molecule has 22 heavy (non-hydrogen) atoms. The molecular weight excluding hydrogens is 320 g/mol. The first-order valence-electron chi connectivity index (χ1n) is 7.33. The van der Waals surface area contributed by atoms with E-state index in [0.717, 1.165) is 36.2 Å². The van der Waals surface area contributed by atoms with Gasteiger partial charge in [0.05, 0.1) is 26.4 Å². The monoisotopic (exact) mass is 346 g/mol. The van der Waals surface area contributed by atoms with Crippen molar-refractivity contribution >= 4 is 28.3 Å². The van der Waals surface area contributed by atoms with Gasteiger partial charge in [-0.2, -0.15) is 0 Å². The van der Waals surface area contributed by atoms with Crippen molar-refractivity contribution in [1.29, 1.82) is 0 Å². The van der Waals surface area contributed by atoms with Gasteiger partial charge in [0, 0.05) is 37.4 Å². The van der Waals surface area contributed by atoms with Crippen molar-refractivity contribution in [3.8, 4) is 5.75 Å². The molecule has 0 atom stereocenters. The van der Waals surface area contributed by atoms with E-state index in [1.807, 2.05) is 5.38 Å². The lowest BCUT2D eigenvalue weighted by Gasteiger charge is -2.10. The molecule has 1 rings (SSSR count). The molecule has 0 amide bonds. The molecule has 1 heterocycles. The average molecular weight is 347 g/mol. The van der Waals surface area contributed by atoms with Crippen LogP contribution in [-0.4, -0.2) is 58.1 Å². The highest BCUT2D eigenvalue weighted by Crippen LogP contribution is 2.22. The first-order valence-corrected chi connectivity index (χ1v) is 9.26. The predicted molar refractivity (Wildman–Crippen MR) is 95.7 cm³/mol. The Balaban J connectivity index is 2.00. The molecule has 0 radical (unpaired) electrons. The van der Waals surface area contributed by atoms with Crippen molar-refractivity contribution in [2.45, 2.75) is 13.3 Å². The third-order valence-corrected chi connectivity index (χ3v) is 4.68. The number of aliphatic imine (C=N–C) groups is 1. The highest BCUT2D eigenvalue weighted by Gasteiger charge is 2.01. The predicted octanol–water partition coefficient (Wildman–Crippen LogP) is 2.80. The second kappa shape index (κ2) is 12.8. The first kappa shape index (κ1) is 19.3. The van der Waals surface area contributed by atoms with E-state index in [0.29, 0.717) is 19.8 Å². The molecule has 0 aliphatic heterocycles. The Morgan fingerprint density at radius 3 is 2.82 bits per heavy atom. The Hall–Kier alpha value is -0.760. The Bertz CT molecular complexity index is 425. The molecule has 0 saturated heterocycles. The molecular formula is C15H26N2O3S2. The summed E-state index contributed by atoms with van der Waals surface area (Å²) in [4.78, 5) is 4.23. The van der Waals surface area contributed by atoms with Gasteiger partial charge in [0.1, 0.15) is 5.75 Å². The molecule has 1 aromatic heterocycles. The van der Waals surface area contributed by atoms with E-state index in [-0.39, 0.29) is 0 Å². The van der Waals surface area contributed by atoms with Crippen LogP contribution in [0.3, 0.4) is 0 Å². The summed E-state index contributed by atoms with van der Waals surface area (Å²) >= 11 is 3.39. The number of rotatable bonds is 11. The van der Waals surface area contributed by atoms with Gasteiger partial charge in [-0.05, 0) is 18.7 Å². The molecule has 126 valence electrons. The number of nitrogens with zero attached hydrogens (tertiary/aromatic N) is 1. The minimum absolute atomic E-state index is 0.628. The fourth-order valence-electron chi connectivity index (χ4n) is 1.58. The van der Waals surface area contributed by atoms with Gasteiger partial charge in [0.2, 0.25) is 0 Å². The number of methoxy groups -OCH3 is 1. The van der Waals surface area contributed by atoms with E-state index >= 15 is 0 Å². The van der Waals surface area contributed by atoms with Crippen LogP contribution < -0.4 is 10.1 Å². The van der Waals surface area contributed by atoms with Crippen molar-refractivity contribution in [3.05, 3.63) is 16.3 Å². The topological polar surface area (TPSA) is 52.1 Å². The Morgan fingerprint density at radius 1 is 1.27 bits per heavy atom. The summed E-state index contributed by atoms with van der Waals surface area (Å²) in [5, 5.41) is 8.36. The SMILES string of the molecule is CN=C(NCCOCCOC)SCCCOc1cscc1C. The molecule has 5 nitrogen and oxygen atoms in total. The second-order valence-corrected chi connectivity index (χ2v) is 6.36. The quantitative estimate of drug-likeness (QED) is 0.379. The zero-order chi connectivity index (χ0) is 16.0. The molecule has 7 heteroatoms. The van der Waals surface area contributed by atoms with E-state index in [1.54, 1.807) is 37.3 Å². The lowest BCUT2D eigenvalue weighted by Crippen LogP contribution is -2.25. The summed E-state index contributed by atoms with van der Waals surface area (Å²) in [7, 11) is 3.47. The maximum atomic E-state index is 5.73. The zero-order valence-electron chi connectivity index (χ0n) is 13.6. The van der Waals surface area contributed by atoms with Crippen LogP contribution in [0.1, 0.15) is 12.0 Å². The van der Waals surface area contributed by atoms with E-state index in [4.69, 9.17) is 14.2 Å². The summed E-state index contributed by atoms with van der Waals surface area (Å²) in [5.74, 6) is 1.98. The number of thioether (sulfide) groups is 1. The van der Waals surface area contributed by atoms with Gasteiger partial charge in [-0.25, -0.2) is 0 Å². The lowest BCUT2D eigenvalue weighted by atomic mass is 10.4. The fourth-order valence-corrected chi connectivity index (χ4v) is 3.13. The summed E-state index contributed by atoms with van der Waals surface area (Å²) in [6, 6.07) is 0. The Kier molecular flexibility index (Phi) is 11.2. The molecule has 0 bridgehead atoms. The number of nitrogens with one attached hydrogen (secondary N) is 1. The number of ether oxygens (including phenoxy) is 3. The van der Waals surface area contributed by atoms with E-state index in [1.165, 1.54) is 5.56 Å². The summed E-state index contributed by atoms with van der Waals surface area (Å²) < 4.78 is 16.0. The Labute approximate surface area is 141 Å². The zero-order valence-corrected chi connectivity index (χ0v) is 15.2. The highest BCUT2D eigenvalue weighted by molar-refractivity contribution is 8.13. The number of amidine groups is 1. The minimum atomic E-state index is 0.628. The molecule has 0 aliphatic carbocycles. The van der Waals surface area contributed by atoms with Gasteiger partial charge in [-0.3, -0.25) is 4.99 Å². The van der Waals surface area contributed by atoms with E-state index < -0.39 is 0 Å². The number of thiophene rings is 1. The summed E-state index contributed by atoms with van der Waals surface area (Å²) in [6.07, 6.45) is 0.991. The van der Waals surface area contributed by atoms with E-state index in [2.05, 4.69) is 22.6 Å². The van der Waals surface area contributed by atoms with Crippen LogP contribution in [0.2, 0.25) is 0 Å². The third kappa shape index (κ3) is 8.63. The maximum absolute atomic E-state index is 5.73. The van der Waals surface area contributed by atoms with Crippen LogP contribution in [0.15, 0.2) is 15.8 Å². The van der Waals surface area contributed by atoms with Crippen LogP contribution in [0.5, 0.6) is 5.75 Å². The molecule has 0 unspecified atom stereocenters. The van der Waals surface area contributed by atoms with Gasteiger partial charge in [-0.1, -0.05) is 11.8 Å². The highest BCUT2D eigenvalue weighted by atomic mass is 32.2. The molecule has 0 fully saturated rings. The normalized spacial score (nSPS) is 11.7. The van der Waals surface area contributed by atoms with Gasteiger partial charge < -0.3 is 19.5 Å².